The number of rotatable bonds is 3. The second-order valence-corrected chi connectivity index (χ2v) is 5.57. The second-order valence-electron chi connectivity index (χ2n) is 3.53. The summed E-state index contributed by atoms with van der Waals surface area (Å²) >= 11 is 0. The Balaban J connectivity index is 2.53. The van der Waals surface area contributed by atoms with Crippen molar-refractivity contribution in [2.75, 3.05) is 47.3 Å². The summed E-state index contributed by atoms with van der Waals surface area (Å²) in [6.07, 6.45) is 0. The smallest absolute Gasteiger partial charge is 0.281 e. The number of hydrogen-bond acceptors (Lipinski definition) is 3. The molecule has 0 aromatic carbocycles. The van der Waals surface area contributed by atoms with Crippen molar-refractivity contribution in [2.24, 2.45) is 0 Å². The summed E-state index contributed by atoms with van der Waals surface area (Å²) < 4.78 is 26.0. The molecule has 0 bridgehead atoms. The van der Waals surface area contributed by atoms with Crippen LogP contribution in [0.1, 0.15) is 0 Å². The van der Waals surface area contributed by atoms with E-state index < -0.39 is 10.2 Å². The minimum atomic E-state index is -3.12. The SMILES string of the molecule is CN(C)CCN1CCN(C)S1(=O)=O. The van der Waals surface area contributed by atoms with Crippen LogP contribution in [0.2, 0.25) is 0 Å². The van der Waals surface area contributed by atoms with Crippen LogP contribution in [0.4, 0.5) is 0 Å². The molecule has 1 aliphatic rings. The summed E-state index contributed by atoms with van der Waals surface area (Å²) in [4.78, 5) is 1.98. The van der Waals surface area contributed by atoms with Gasteiger partial charge in [-0.1, -0.05) is 0 Å². The summed E-state index contributed by atoms with van der Waals surface area (Å²) in [7, 11) is 2.37. The highest BCUT2D eigenvalue weighted by molar-refractivity contribution is 7.87. The fraction of sp³-hybridized carbons (Fsp3) is 1.00. The highest BCUT2D eigenvalue weighted by Crippen LogP contribution is 2.12. The summed E-state index contributed by atoms with van der Waals surface area (Å²) in [5.41, 5.74) is 0. The van der Waals surface area contributed by atoms with E-state index in [1.54, 1.807) is 7.05 Å². The lowest BCUT2D eigenvalue weighted by molar-refractivity contribution is 0.348. The van der Waals surface area contributed by atoms with E-state index in [9.17, 15) is 8.42 Å². The fourth-order valence-corrected chi connectivity index (χ4v) is 2.55. The van der Waals surface area contributed by atoms with Crippen LogP contribution in [0, 0.1) is 0 Å². The second kappa shape index (κ2) is 3.91. The molecule has 0 unspecified atom stereocenters. The standard InChI is InChI=1S/C7H17N3O2S/c1-8(2)4-6-10-7-5-9(3)13(10,11)12/h4-7H2,1-3H3. The molecule has 1 saturated heterocycles. The Labute approximate surface area is 80.1 Å². The molecule has 6 heteroatoms. The summed E-state index contributed by atoms with van der Waals surface area (Å²) in [6, 6.07) is 0. The first kappa shape index (κ1) is 10.9. The Morgan fingerprint density at radius 2 is 1.92 bits per heavy atom. The van der Waals surface area contributed by atoms with Gasteiger partial charge in [0.2, 0.25) is 0 Å². The number of hydrogen-bond donors (Lipinski definition) is 0. The molecular formula is C7H17N3O2S. The third kappa shape index (κ3) is 2.40. The third-order valence-corrected chi connectivity index (χ3v) is 4.17. The highest BCUT2D eigenvalue weighted by Gasteiger charge is 2.32. The third-order valence-electron chi connectivity index (χ3n) is 2.18. The molecule has 5 nitrogen and oxygen atoms in total. The van der Waals surface area contributed by atoms with Crippen molar-refractivity contribution in [2.45, 2.75) is 0 Å². The maximum Gasteiger partial charge on any atom is 0.281 e. The van der Waals surface area contributed by atoms with Gasteiger partial charge in [-0.25, -0.2) is 0 Å². The topological polar surface area (TPSA) is 43.9 Å². The van der Waals surface area contributed by atoms with E-state index in [1.807, 2.05) is 19.0 Å². The van der Waals surface area contributed by atoms with Crippen LogP contribution in [-0.2, 0) is 10.2 Å². The molecule has 1 rings (SSSR count). The molecule has 0 aliphatic carbocycles. The number of nitrogens with zero attached hydrogens (tertiary/aromatic N) is 3. The predicted octanol–water partition coefficient (Wildman–Crippen LogP) is -0.960. The molecule has 1 heterocycles. The van der Waals surface area contributed by atoms with Crippen molar-refractivity contribution in [3.63, 3.8) is 0 Å². The Bertz CT molecular complexity index is 263. The van der Waals surface area contributed by atoms with Crippen LogP contribution < -0.4 is 0 Å². The Morgan fingerprint density at radius 3 is 2.31 bits per heavy atom. The molecule has 0 amide bonds. The zero-order chi connectivity index (χ0) is 10.1. The summed E-state index contributed by atoms with van der Waals surface area (Å²) in [5.74, 6) is 0. The zero-order valence-electron chi connectivity index (χ0n) is 8.39. The molecule has 0 atom stereocenters. The molecule has 0 saturated carbocycles. The Kier molecular flexibility index (Phi) is 3.28. The van der Waals surface area contributed by atoms with Crippen molar-refractivity contribution in [3.8, 4) is 0 Å². The molecule has 0 spiro atoms. The molecule has 78 valence electrons. The van der Waals surface area contributed by atoms with Gasteiger partial charge in [-0.3, -0.25) is 0 Å². The quantitative estimate of drug-likeness (QED) is 0.599. The van der Waals surface area contributed by atoms with Gasteiger partial charge in [0, 0.05) is 33.2 Å². The van der Waals surface area contributed by atoms with Crippen molar-refractivity contribution in [3.05, 3.63) is 0 Å². The summed E-state index contributed by atoms with van der Waals surface area (Å²) in [5, 5.41) is 0. The lowest BCUT2D eigenvalue weighted by atomic mass is 10.5. The maximum absolute atomic E-state index is 11.5. The van der Waals surface area contributed by atoms with Crippen molar-refractivity contribution in [1.82, 2.24) is 13.5 Å². The normalized spacial score (nSPS) is 24.3. The fourth-order valence-electron chi connectivity index (χ4n) is 1.22. The van der Waals surface area contributed by atoms with Crippen LogP contribution in [-0.4, -0.2) is 69.3 Å². The molecule has 0 aromatic heterocycles. The monoisotopic (exact) mass is 207 g/mol. The van der Waals surface area contributed by atoms with Crippen molar-refractivity contribution < 1.29 is 8.42 Å². The first-order chi connectivity index (χ1) is 5.94. The lowest BCUT2D eigenvalue weighted by Crippen LogP contribution is -2.35. The van der Waals surface area contributed by atoms with Crippen LogP contribution in [0.25, 0.3) is 0 Å². The first-order valence-corrected chi connectivity index (χ1v) is 5.70. The van der Waals surface area contributed by atoms with Gasteiger partial charge in [-0.05, 0) is 14.1 Å². The molecule has 1 aliphatic heterocycles. The minimum Gasteiger partial charge on any atom is -0.308 e. The molecule has 0 radical (unpaired) electrons. The van der Waals surface area contributed by atoms with E-state index in [2.05, 4.69) is 0 Å². The zero-order valence-corrected chi connectivity index (χ0v) is 9.21. The molecular weight excluding hydrogens is 190 g/mol. The van der Waals surface area contributed by atoms with E-state index in [0.717, 1.165) is 6.54 Å². The number of likely N-dealkylation sites (N-methyl/N-ethyl adjacent to an activating group) is 2. The average Bonchev–Trinajstić information content (AvgIpc) is 2.25. The maximum atomic E-state index is 11.5. The van der Waals surface area contributed by atoms with Crippen molar-refractivity contribution in [1.29, 1.82) is 0 Å². The van der Waals surface area contributed by atoms with E-state index in [1.165, 1.54) is 8.61 Å². The van der Waals surface area contributed by atoms with Gasteiger partial charge in [0.15, 0.2) is 0 Å². The van der Waals surface area contributed by atoms with E-state index in [-0.39, 0.29) is 0 Å². The molecule has 13 heavy (non-hydrogen) atoms. The van der Waals surface area contributed by atoms with Gasteiger partial charge in [0.05, 0.1) is 0 Å². The van der Waals surface area contributed by atoms with Gasteiger partial charge in [0.1, 0.15) is 0 Å². The molecule has 1 fully saturated rings. The van der Waals surface area contributed by atoms with Crippen LogP contribution in [0.3, 0.4) is 0 Å². The van der Waals surface area contributed by atoms with Gasteiger partial charge in [-0.2, -0.15) is 17.0 Å². The molecule has 0 N–H and O–H groups in total. The van der Waals surface area contributed by atoms with E-state index in [4.69, 9.17) is 0 Å². The van der Waals surface area contributed by atoms with Crippen LogP contribution in [0.5, 0.6) is 0 Å². The van der Waals surface area contributed by atoms with Crippen LogP contribution in [0.15, 0.2) is 0 Å². The Morgan fingerprint density at radius 1 is 1.31 bits per heavy atom. The molecule has 0 aromatic rings. The lowest BCUT2D eigenvalue weighted by Gasteiger charge is -2.17. The van der Waals surface area contributed by atoms with Crippen LogP contribution >= 0.6 is 0 Å². The minimum absolute atomic E-state index is 0.583. The first-order valence-electron chi connectivity index (χ1n) is 4.31. The van der Waals surface area contributed by atoms with Gasteiger partial charge < -0.3 is 4.90 Å². The largest absolute Gasteiger partial charge is 0.308 e. The van der Waals surface area contributed by atoms with Gasteiger partial charge in [-0.15, -0.1) is 0 Å². The summed E-state index contributed by atoms with van der Waals surface area (Å²) in [6.45, 7) is 2.58. The van der Waals surface area contributed by atoms with Gasteiger partial charge >= 0.3 is 0 Å². The average molecular weight is 207 g/mol. The van der Waals surface area contributed by atoms with Gasteiger partial charge in [0.25, 0.3) is 10.2 Å². The Hall–Kier alpha value is -0.170. The highest BCUT2D eigenvalue weighted by atomic mass is 32.2. The van der Waals surface area contributed by atoms with E-state index >= 15 is 0 Å². The van der Waals surface area contributed by atoms with E-state index in [0.29, 0.717) is 19.6 Å². The predicted molar refractivity (Wildman–Crippen MR) is 51.7 cm³/mol. The van der Waals surface area contributed by atoms with Crippen molar-refractivity contribution >= 4 is 10.2 Å².